The summed E-state index contributed by atoms with van der Waals surface area (Å²) in [6.45, 7) is -0.0554. The molecule has 1 heterocycles. The molecule has 21 heavy (non-hydrogen) atoms. The number of rotatable bonds is 4. The lowest BCUT2D eigenvalue weighted by Crippen LogP contribution is -1.88. The van der Waals surface area contributed by atoms with Gasteiger partial charge in [0.25, 0.3) is 0 Å². The topological polar surface area (TPSA) is 48.9 Å². The van der Waals surface area contributed by atoms with Gasteiger partial charge in [-0.05, 0) is 24.0 Å². The van der Waals surface area contributed by atoms with Crippen LogP contribution in [-0.4, -0.2) is 21.6 Å². The van der Waals surface area contributed by atoms with Gasteiger partial charge in [0.05, 0.1) is 12.3 Å². The van der Waals surface area contributed by atoms with Crippen molar-refractivity contribution in [2.24, 2.45) is 0 Å². The summed E-state index contributed by atoms with van der Waals surface area (Å²) in [4.78, 5) is 1.22. The van der Waals surface area contributed by atoms with E-state index in [0.717, 1.165) is 28.1 Å². The van der Waals surface area contributed by atoms with E-state index in [1.54, 1.807) is 11.8 Å². The Bertz CT molecular complexity index is 720. The highest BCUT2D eigenvalue weighted by molar-refractivity contribution is 7.98. The zero-order chi connectivity index (χ0) is 14.7. The Hall–Kier alpha value is -2.04. The summed E-state index contributed by atoms with van der Waals surface area (Å²) < 4.78 is 0. The molecule has 0 aliphatic rings. The molecule has 0 amide bonds. The van der Waals surface area contributed by atoms with E-state index in [0.29, 0.717) is 0 Å². The van der Waals surface area contributed by atoms with Crippen LogP contribution in [0.4, 0.5) is 0 Å². The third-order valence-electron chi connectivity index (χ3n) is 3.43. The van der Waals surface area contributed by atoms with Crippen LogP contribution in [0.1, 0.15) is 5.69 Å². The summed E-state index contributed by atoms with van der Waals surface area (Å²) in [5, 5.41) is 16.9. The summed E-state index contributed by atoms with van der Waals surface area (Å²) in [6, 6.07) is 18.3. The third-order valence-corrected chi connectivity index (χ3v) is 4.17. The van der Waals surface area contributed by atoms with Gasteiger partial charge < -0.3 is 5.11 Å². The van der Waals surface area contributed by atoms with Gasteiger partial charge in [-0.3, -0.25) is 5.10 Å². The fraction of sp³-hybridized carbons (Fsp3) is 0.118. The Morgan fingerprint density at radius 1 is 1.00 bits per heavy atom. The lowest BCUT2D eigenvalue weighted by Gasteiger charge is -2.06. The van der Waals surface area contributed by atoms with Crippen molar-refractivity contribution in [3.05, 3.63) is 60.3 Å². The van der Waals surface area contributed by atoms with Crippen molar-refractivity contribution in [2.75, 3.05) is 6.26 Å². The van der Waals surface area contributed by atoms with E-state index in [9.17, 15) is 5.11 Å². The van der Waals surface area contributed by atoms with E-state index >= 15 is 0 Å². The summed E-state index contributed by atoms with van der Waals surface area (Å²) >= 11 is 1.71. The molecule has 0 saturated carbocycles. The minimum absolute atomic E-state index is 0.0554. The van der Waals surface area contributed by atoms with Crippen LogP contribution in [0.3, 0.4) is 0 Å². The molecule has 0 aliphatic carbocycles. The maximum Gasteiger partial charge on any atom is 0.100 e. The summed E-state index contributed by atoms with van der Waals surface area (Å²) in [6.07, 6.45) is 2.06. The summed E-state index contributed by atoms with van der Waals surface area (Å²) in [5.74, 6) is 0. The summed E-state index contributed by atoms with van der Waals surface area (Å²) in [7, 11) is 0. The first-order chi connectivity index (χ1) is 10.3. The van der Waals surface area contributed by atoms with E-state index in [-0.39, 0.29) is 6.61 Å². The first-order valence-electron chi connectivity index (χ1n) is 6.71. The van der Waals surface area contributed by atoms with Crippen molar-refractivity contribution >= 4 is 11.8 Å². The van der Waals surface area contributed by atoms with Crippen LogP contribution in [-0.2, 0) is 6.61 Å². The molecular weight excluding hydrogens is 280 g/mol. The van der Waals surface area contributed by atoms with Crippen molar-refractivity contribution in [1.29, 1.82) is 0 Å². The highest BCUT2D eigenvalue weighted by atomic mass is 32.2. The second-order valence-electron chi connectivity index (χ2n) is 4.68. The predicted octanol–water partition coefficient (Wildman–Crippen LogP) is 3.96. The molecule has 1 aromatic heterocycles. The Labute approximate surface area is 128 Å². The third kappa shape index (κ3) is 2.73. The largest absolute Gasteiger partial charge is 0.390 e. The van der Waals surface area contributed by atoms with Crippen LogP contribution >= 0.6 is 11.8 Å². The maximum atomic E-state index is 9.55. The van der Waals surface area contributed by atoms with Crippen molar-refractivity contribution in [2.45, 2.75) is 11.5 Å². The number of thioether (sulfide) groups is 1. The van der Waals surface area contributed by atoms with Crippen molar-refractivity contribution < 1.29 is 5.11 Å². The zero-order valence-electron chi connectivity index (χ0n) is 11.7. The second kappa shape index (κ2) is 6.16. The fourth-order valence-corrected chi connectivity index (χ4v) is 2.77. The van der Waals surface area contributed by atoms with Crippen molar-refractivity contribution in [1.82, 2.24) is 10.2 Å². The van der Waals surface area contributed by atoms with E-state index in [1.165, 1.54) is 4.90 Å². The van der Waals surface area contributed by atoms with Crippen LogP contribution < -0.4 is 0 Å². The van der Waals surface area contributed by atoms with Crippen molar-refractivity contribution in [3.63, 3.8) is 0 Å². The predicted molar refractivity (Wildman–Crippen MR) is 87.2 cm³/mol. The number of hydrogen-bond acceptors (Lipinski definition) is 3. The summed E-state index contributed by atoms with van der Waals surface area (Å²) in [5.41, 5.74) is 4.68. The van der Waals surface area contributed by atoms with Crippen LogP contribution in [0.2, 0.25) is 0 Å². The minimum Gasteiger partial charge on any atom is -0.390 e. The molecule has 3 aromatic rings. The van der Waals surface area contributed by atoms with Gasteiger partial charge in [0, 0.05) is 16.0 Å². The monoisotopic (exact) mass is 296 g/mol. The molecule has 0 fully saturated rings. The Balaban J connectivity index is 2.12. The van der Waals surface area contributed by atoms with Crippen LogP contribution in [0.5, 0.6) is 0 Å². The molecule has 0 unspecified atom stereocenters. The van der Waals surface area contributed by atoms with Gasteiger partial charge in [-0.15, -0.1) is 11.8 Å². The Kier molecular flexibility index (Phi) is 4.08. The van der Waals surface area contributed by atoms with Crippen molar-refractivity contribution in [3.8, 4) is 22.4 Å². The number of aliphatic hydroxyl groups is 1. The highest BCUT2D eigenvalue weighted by Crippen LogP contribution is 2.33. The molecule has 2 aromatic carbocycles. The average Bonchev–Trinajstić information content (AvgIpc) is 2.99. The smallest absolute Gasteiger partial charge is 0.100 e. The molecule has 0 saturated heterocycles. The number of hydrogen-bond donors (Lipinski definition) is 2. The number of aromatic nitrogens is 2. The quantitative estimate of drug-likeness (QED) is 0.716. The number of H-pyrrole nitrogens is 1. The number of aliphatic hydroxyl groups excluding tert-OH is 1. The standard InChI is InChI=1S/C17H16N2OS/c1-21-14-9-7-13(8-10-14)17-16(15(11-20)18-19-17)12-5-3-2-4-6-12/h2-10,20H,11H2,1H3,(H,18,19). The van der Waals surface area contributed by atoms with E-state index in [2.05, 4.69) is 40.7 Å². The molecule has 3 nitrogen and oxygen atoms in total. The van der Waals surface area contributed by atoms with Gasteiger partial charge in [0.1, 0.15) is 5.69 Å². The van der Waals surface area contributed by atoms with Crippen LogP contribution in [0.25, 0.3) is 22.4 Å². The van der Waals surface area contributed by atoms with Gasteiger partial charge in [0.2, 0.25) is 0 Å². The van der Waals surface area contributed by atoms with Gasteiger partial charge in [-0.2, -0.15) is 5.10 Å². The normalized spacial score (nSPS) is 10.8. The molecule has 4 heteroatoms. The number of aromatic amines is 1. The molecule has 2 N–H and O–H groups in total. The van der Waals surface area contributed by atoms with Gasteiger partial charge in [-0.25, -0.2) is 0 Å². The SMILES string of the molecule is CSc1ccc(-c2n[nH]c(CO)c2-c2ccccc2)cc1. The lowest BCUT2D eigenvalue weighted by atomic mass is 9.99. The first kappa shape index (κ1) is 13.9. The van der Waals surface area contributed by atoms with Crippen LogP contribution in [0.15, 0.2) is 59.5 Å². The maximum absolute atomic E-state index is 9.55. The van der Waals surface area contributed by atoms with E-state index in [4.69, 9.17) is 0 Å². The molecule has 0 radical (unpaired) electrons. The number of nitrogens with one attached hydrogen (secondary N) is 1. The Morgan fingerprint density at radius 3 is 2.33 bits per heavy atom. The average molecular weight is 296 g/mol. The fourth-order valence-electron chi connectivity index (χ4n) is 2.37. The van der Waals surface area contributed by atoms with E-state index < -0.39 is 0 Å². The van der Waals surface area contributed by atoms with Gasteiger partial charge in [0.15, 0.2) is 0 Å². The molecular formula is C17H16N2OS. The first-order valence-corrected chi connectivity index (χ1v) is 7.94. The molecule has 106 valence electrons. The minimum atomic E-state index is -0.0554. The lowest BCUT2D eigenvalue weighted by molar-refractivity contribution is 0.277. The van der Waals surface area contributed by atoms with Crippen LogP contribution in [0, 0.1) is 0 Å². The zero-order valence-corrected chi connectivity index (χ0v) is 12.5. The van der Waals surface area contributed by atoms with Gasteiger partial charge >= 0.3 is 0 Å². The molecule has 3 rings (SSSR count). The van der Waals surface area contributed by atoms with E-state index in [1.807, 2.05) is 30.3 Å². The highest BCUT2D eigenvalue weighted by Gasteiger charge is 2.15. The Morgan fingerprint density at radius 2 is 1.71 bits per heavy atom. The second-order valence-corrected chi connectivity index (χ2v) is 5.56. The number of benzene rings is 2. The number of nitrogens with zero attached hydrogens (tertiary/aromatic N) is 1. The molecule has 0 aliphatic heterocycles. The van der Waals surface area contributed by atoms with Gasteiger partial charge in [-0.1, -0.05) is 42.5 Å². The molecule has 0 bridgehead atoms. The molecule has 0 atom stereocenters. The molecule has 0 spiro atoms.